The van der Waals surface area contributed by atoms with Crippen LogP contribution in [0.2, 0.25) is 0 Å². The van der Waals surface area contributed by atoms with Gasteiger partial charge in [-0.05, 0) is 48.9 Å². The molecule has 0 amide bonds. The molecule has 8 heteroatoms. The standard InChI is InChI=1S/C20H17F2NO5/c1-3-26-14-6-4-5-12(9-14)10-15-19(24)28-18(23-15)13-7-8-16(27-20(21)22)17(11-13)25-2/h4-11,20H,3H2,1-2H3. The van der Waals surface area contributed by atoms with E-state index in [1.807, 2.05) is 13.0 Å². The molecule has 0 N–H and O–H groups in total. The van der Waals surface area contributed by atoms with Gasteiger partial charge in [-0.25, -0.2) is 9.79 Å². The van der Waals surface area contributed by atoms with Gasteiger partial charge in [0.15, 0.2) is 17.2 Å². The molecule has 1 aliphatic rings. The highest BCUT2D eigenvalue weighted by atomic mass is 19.3. The number of cyclic esters (lactones) is 1. The van der Waals surface area contributed by atoms with Crippen LogP contribution in [0.25, 0.3) is 6.08 Å². The van der Waals surface area contributed by atoms with Crippen molar-refractivity contribution in [2.45, 2.75) is 13.5 Å². The first-order chi connectivity index (χ1) is 13.5. The fourth-order valence-corrected chi connectivity index (χ4v) is 2.55. The van der Waals surface area contributed by atoms with Crippen molar-refractivity contribution in [3.05, 3.63) is 59.3 Å². The number of carbonyl (C=O) groups is 1. The summed E-state index contributed by atoms with van der Waals surface area (Å²) in [7, 11) is 1.32. The molecule has 0 saturated heterocycles. The van der Waals surface area contributed by atoms with E-state index < -0.39 is 12.6 Å². The summed E-state index contributed by atoms with van der Waals surface area (Å²) in [6, 6.07) is 11.3. The number of alkyl halides is 2. The van der Waals surface area contributed by atoms with Gasteiger partial charge >= 0.3 is 12.6 Å². The normalized spacial score (nSPS) is 14.8. The summed E-state index contributed by atoms with van der Waals surface area (Å²) >= 11 is 0. The maximum Gasteiger partial charge on any atom is 0.387 e. The van der Waals surface area contributed by atoms with Gasteiger partial charge in [0.2, 0.25) is 5.90 Å². The second kappa shape index (κ2) is 8.51. The van der Waals surface area contributed by atoms with Gasteiger partial charge in [-0.3, -0.25) is 0 Å². The van der Waals surface area contributed by atoms with Gasteiger partial charge in [0.25, 0.3) is 0 Å². The van der Waals surface area contributed by atoms with Crippen LogP contribution in [0.3, 0.4) is 0 Å². The SMILES string of the molecule is CCOc1cccc(C=C2N=C(c3ccc(OC(F)F)c(OC)c3)OC2=O)c1. The Morgan fingerprint density at radius 2 is 2.00 bits per heavy atom. The summed E-state index contributed by atoms with van der Waals surface area (Å²) in [5.74, 6) is 0.0302. The first-order valence-corrected chi connectivity index (χ1v) is 8.38. The van der Waals surface area contributed by atoms with E-state index in [1.165, 1.54) is 25.3 Å². The number of esters is 1. The van der Waals surface area contributed by atoms with Crippen molar-refractivity contribution in [3.63, 3.8) is 0 Å². The minimum atomic E-state index is -2.98. The second-order valence-corrected chi connectivity index (χ2v) is 5.59. The van der Waals surface area contributed by atoms with E-state index in [0.717, 1.165) is 5.56 Å². The Morgan fingerprint density at radius 3 is 2.71 bits per heavy atom. The third-order valence-corrected chi connectivity index (χ3v) is 3.72. The van der Waals surface area contributed by atoms with Gasteiger partial charge in [0.1, 0.15) is 5.75 Å². The molecule has 28 heavy (non-hydrogen) atoms. The third-order valence-electron chi connectivity index (χ3n) is 3.72. The monoisotopic (exact) mass is 389 g/mol. The van der Waals surface area contributed by atoms with Crippen LogP contribution in [0.15, 0.2) is 53.2 Å². The van der Waals surface area contributed by atoms with Crippen molar-refractivity contribution in [2.24, 2.45) is 4.99 Å². The van der Waals surface area contributed by atoms with Gasteiger partial charge in [-0.1, -0.05) is 12.1 Å². The van der Waals surface area contributed by atoms with Gasteiger partial charge in [0.05, 0.1) is 13.7 Å². The number of benzene rings is 2. The van der Waals surface area contributed by atoms with Crippen molar-refractivity contribution in [1.29, 1.82) is 0 Å². The van der Waals surface area contributed by atoms with Crippen LogP contribution in [0.4, 0.5) is 8.78 Å². The lowest BCUT2D eigenvalue weighted by molar-refractivity contribution is -0.129. The topological polar surface area (TPSA) is 66.3 Å². The molecule has 0 aromatic heterocycles. The highest BCUT2D eigenvalue weighted by Gasteiger charge is 2.25. The van der Waals surface area contributed by atoms with E-state index in [-0.39, 0.29) is 23.1 Å². The Balaban J connectivity index is 1.88. The van der Waals surface area contributed by atoms with Crippen LogP contribution in [0.1, 0.15) is 18.1 Å². The summed E-state index contributed by atoms with van der Waals surface area (Å²) in [4.78, 5) is 16.3. The molecule has 0 unspecified atom stereocenters. The second-order valence-electron chi connectivity index (χ2n) is 5.59. The van der Waals surface area contributed by atoms with Crippen LogP contribution in [-0.2, 0) is 9.53 Å². The average molecular weight is 389 g/mol. The molecule has 0 spiro atoms. The van der Waals surface area contributed by atoms with Gasteiger partial charge in [-0.15, -0.1) is 0 Å². The zero-order valence-corrected chi connectivity index (χ0v) is 15.1. The molecular formula is C20H17F2NO5. The highest BCUT2D eigenvalue weighted by Crippen LogP contribution is 2.31. The number of rotatable bonds is 7. The summed E-state index contributed by atoms with van der Waals surface area (Å²) in [5.41, 5.74) is 1.22. The Bertz CT molecular complexity index is 940. The van der Waals surface area contributed by atoms with E-state index in [4.69, 9.17) is 14.2 Å². The summed E-state index contributed by atoms with van der Waals surface area (Å²) in [5, 5.41) is 0. The molecule has 0 radical (unpaired) electrons. The molecular weight excluding hydrogens is 372 g/mol. The third kappa shape index (κ3) is 4.46. The Hall–Kier alpha value is -3.42. The minimum absolute atomic E-state index is 0.0408. The molecule has 0 aliphatic carbocycles. The van der Waals surface area contributed by atoms with Crippen LogP contribution >= 0.6 is 0 Å². The molecule has 1 heterocycles. The number of aliphatic imine (C=N–C) groups is 1. The summed E-state index contributed by atoms with van der Waals surface area (Å²) in [6.07, 6.45) is 1.57. The highest BCUT2D eigenvalue weighted by molar-refractivity contribution is 6.13. The van der Waals surface area contributed by atoms with Crippen LogP contribution in [0, 0.1) is 0 Å². The number of halogens is 2. The first kappa shape index (κ1) is 19.3. The molecule has 1 aliphatic heterocycles. The molecule has 3 rings (SSSR count). The Kier molecular flexibility index (Phi) is 5.88. The number of carbonyl (C=O) groups excluding carboxylic acids is 1. The Labute approximate surface area is 160 Å². The quantitative estimate of drug-likeness (QED) is 0.528. The average Bonchev–Trinajstić information content (AvgIpc) is 3.02. The predicted molar refractivity (Wildman–Crippen MR) is 97.8 cm³/mol. The maximum atomic E-state index is 12.4. The fraction of sp³-hybridized carbons (Fsp3) is 0.200. The number of hydrogen-bond acceptors (Lipinski definition) is 6. The number of nitrogens with zero attached hydrogens (tertiary/aromatic N) is 1. The van der Waals surface area contributed by atoms with Gasteiger partial charge < -0.3 is 18.9 Å². The van der Waals surface area contributed by atoms with Crippen molar-refractivity contribution < 1.29 is 32.5 Å². The van der Waals surface area contributed by atoms with E-state index in [2.05, 4.69) is 9.73 Å². The lowest BCUT2D eigenvalue weighted by Crippen LogP contribution is -2.07. The number of methoxy groups -OCH3 is 1. The molecule has 0 atom stereocenters. The van der Waals surface area contributed by atoms with Crippen LogP contribution in [-0.4, -0.2) is 32.2 Å². The first-order valence-electron chi connectivity index (χ1n) is 8.38. The predicted octanol–water partition coefficient (Wildman–Crippen LogP) is 4.04. The molecule has 0 fully saturated rings. The number of ether oxygens (including phenoxy) is 4. The lowest BCUT2D eigenvalue weighted by atomic mass is 10.2. The maximum absolute atomic E-state index is 12.4. The molecule has 2 aromatic rings. The van der Waals surface area contributed by atoms with Gasteiger partial charge in [0, 0.05) is 5.56 Å². The van der Waals surface area contributed by atoms with Crippen LogP contribution < -0.4 is 14.2 Å². The molecule has 2 aromatic carbocycles. The number of hydrogen-bond donors (Lipinski definition) is 0. The van der Waals surface area contributed by atoms with E-state index in [1.54, 1.807) is 24.3 Å². The fourth-order valence-electron chi connectivity index (χ4n) is 2.55. The molecule has 146 valence electrons. The smallest absolute Gasteiger partial charge is 0.387 e. The summed E-state index contributed by atoms with van der Waals surface area (Å²) < 4.78 is 44.9. The van der Waals surface area contributed by atoms with E-state index >= 15 is 0 Å². The molecule has 0 saturated carbocycles. The zero-order valence-electron chi connectivity index (χ0n) is 15.1. The Morgan fingerprint density at radius 1 is 1.18 bits per heavy atom. The largest absolute Gasteiger partial charge is 0.494 e. The van der Waals surface area contributed by atoms with Crippen molar-refractivity contribution >= 4 is 17.9 Å². The van der Waals surface area contributed by atoms with E-state index in [9.17, 15) is 13.6 Å². The minimum Gasteiger partial charge on any atom is -0.494 e. The zero-order chi connectivity index (χ0) is 20.1. The lowest BCUT2D eigenvalue weighted by Gasteiger charge is -2.10. The van der Waals surface area contributed by atoms with E-state index in [0.29, 0.717) is 17.9 Å². The molecule has 0 bridgehead atoms. The summed E-state index contributed by atoms with van der Waals surface area (Å²) in [6.45, 7) is -0.581. The molecule has 6 nitrogen and oxygen atoms in total. The van der Waals surface area contributed by atoms with Crippen molar-refractivity contribution in [1.82, 2.24) is 0 Å². The van der Waals surface area contributed by atoms with Crippen LogP contribution in [0.5, 0.6) is 17.2 Å². The van der Waals surface area contributed by atoms with Gasteiger partial charge in [-0.2, -0.15) is 8.78 Å². The van der Waals surface area contributed by atoms with Crippen molar-refractivity contribution in [2.75, 3.05) is 13.7 Å². The van der Waals surface area contributed by atoms with Crippen molar-refractivity contribution in [3.8, 4) is 17.2 Å².